The average Bonchev–Trinajstić information content (AvgIpc) is 3.56. The van der Waals surface area contributed by atoms with Crippen molar-refractivity contribution in [2.45, 2.75) is 24.8 Å². The van der Waals surface area contributed by atoms with Crippen LogP contribution in [0.15, 0.2) is 18.3 Å². The first-order valence-corrected chi connectivity index (χ1v) is 9.30. The quantitative estimate of drug-likeness (QED) is 0.735. The standard InChI is InChI=1S/C19H18F3N5O4/c1-26-13-7-23-18(24-12-6-11(20)10(16(28)29)5-14(12)31-2)25-15(13)27(9-3-4-9)8-19(21,22)17(26)30/h5-7,9H,3-4,8H2,1-2H3,(H,28,29)(H,23,24,25). The van der Waals surface area contributed by atoms with E-state index in [0.717, 1.165) is 17.0 Å². The van der Waals surface area contributed by atoms with E-state index in [1.165, 1.54) is 25.3 Å². The molecule has 9 nitrogen and oxygen atoms in total. The summed E-state index contributed by atoms with van der Waals surface area (Å²) in [7, 11) is 2.50. The van der Waals surface area contributed by atoms with Gasteiger partial charge in [-0.25, -0.2) is 14.2 Å². The molecule has 0 radical (unpaired) electrons. The molecule has 31 heavy (non-hydrogen) atoms. The molecule has 0 saturated heterocycles. The first kappa shape index (κ1) is 20.7. The number of aromatic nitrogens is 2. The molecule has 0 spiro atoms. The van der Waals surface area contributed by atoms with Crippen LogP contribution in [0.5, 0.6) is 5.75 Å². The van der Waals surface area contributed by atoms with Crippen LogP contribution >= 0.6 is 0 Å². The summed E-state index contributed by atoms with van der Waals surface area (Å²) in [6.07, 6.45) is 2.61. The fourth-order valence-corrected chi connectivity index (χ4v) is 3.38. The number of hydrogen-bond acceptors (Lipinski definition) is 7. The number of methoxy groups -OCH3 is 1. The molecule has 1 aromatic heterocycles. The van der Waals surface area contributed by atoms with E-state index in [0.29, 0.717) is 12.8 Å². The SMILES string of the molecule is COc1cc(C(=O)O)c(F)cc1Nc1ncc2c(n1)N(C1CC1)CC(F)(F)C(=O)N2C. The van der Waals surface area contributed by atoms with Gasteiger partial charge in [0.1, 0.15) is 17.3 Å². The lowest BCUT2D eigenvalue weighted by Gasteiger charge is -2.25. The van der Waals surface area contributed by atoms with E-state index < -0.39 is 35.7 Å². The molecule has 2 aliphatic rings. The van der Waals surface area contributed by atoms with E-state index in [2.05, 4.69) is 15.3 Å². The summed E-state index contributed by atoms with van der Waals surface area (Å²) in [5.41, 5.74) is -0.405. The monoisotopic (exact) mass is 437 g/mol. The smallest absolute Gasteiger partial charge is 0.342 e. The van der Waals surface area contributed by atoms with E-state index in [4.69, 9.17) is 9.84 Å². The Kier molecular flexibility index (Phi) is 4.86. The van der Waals surface area contributed by atoms with Crippen molar-refractivity contribution in [3.8, 4) is 5.75 Å². The molecule has 2 N–H and O–H groups in total. The minimum Gasteiger partial charge on any atom is -0.495 e. The topological polar surface area (TPSA) is 108 Å². The minimum atomic E-state index is -3.59. The first-order valence-electron chi connectivity index (χ1n) is 9.30. The predicted octanol–water partition coefficient (Wildman–Crippen LogP) is 2.65. The van der Waals surface area contributed by atoms with Crippen LogP contribution in [0.4, 0.5) is 36.3 Å². The van der Waals surface area contributed by atoms with Crippen molar-refractivity contribution in [2.75, 3.05) is 35.8 Å². The van der Waals surface area contributed by atoms with Crippen LogP contribution in [0, 0.1) is 5.82 Å². The predicted molar refractivity (Wildman–Crippen MR) is 104 cm³/mol. The largest absolute Gasteiger partial charge is 0.495 e. The van der Waals surface area contributed by atoms with Crippen molar-refractivity contribution in [1.82, 2.24) is 9.97 Å². The highest BCUT2D eigenvalue weighted by atomic mass is 19.3. The number of aromatic carboxylic acids is 1. The number of nitrogens with zero attached hydrogens (tertiary/aromatic N) is 4. The summed E-state index contributed by atoms with van der Waals surface area (Å²) >= 11 is 0. The molecular weight excluding hydrogens is 419 g/mol. The van der Waals surface area contributed by atoms with E-state index in [1.807, 2.05) is 0 Å². The van der Waals surface area contributed by atoms with Gasteiger partial charge in [0, 0.05) is 19.2 Å². The molecule has 2 aromatic rings. The Hall–Kier alpha value is -3.57. The Morgan fingerprint density at radius 1 is 1.35 bits per heavy atom. The van der Waals surface area contributed by atoms with Crippen LogP contribution < -0.4 is 19.9 Å². The van der Waals surface area contributed by atoms with Gasteiger partial charge < -0.3 is 25.0 Å². The molecule has 1 aromatic carbocycles. The molecule has 0 atom stereocenters. The number of carbonyl (C=O) groups is 2. The highest BCUT2D eigenvalue weighted by molar-refractivity contribution is 6.02. The fourth-order valence-electron chi connectivity index (χ4n) is 3.38. The molecule has 1 fully saturated rings. The third-order valence-electron chi connectivity index (χ3n) is 5.12. The molecule has 2 heterocycles. The van der Waals surface area contributed by atoms with E-state index in [1.54, 1.807) is 0 Å². The molecule has 164 valence electrons. The third kappa shape index (κ3) is 3.68. The lowest BCUT2D eigenvalue weighted by molar-refractivity contribution is -0.140. The van der Waals surface area contributed by atoms with Gasteiger partial charge >= 0.3 is 11.9 Å². The molecule has 0 unspecified atom stereocenters. The molecule has 1 saturated carbocycles. The fraction of sp³-hybridized carbons (Fsp3) is 0.368. The summed E-state index contributed by atoms with van der Waals surface area (Å²) in [6.45, 7) is -0.810. The molecule has 12 heteroatoms. The summed E-state index contributed by atoms with van der Waals surface area (Å²) in [6, 6.07) is 1.75. The Bertz CT molecular complexity index is 1080. The maximum Gasteiger partial charge on any atom is 0.342 e. The Labute approximate surface area is 174 Å². The van der Waals surface area contributed by atoms with Gasteiger partial charge in [-0.05, 0) is 18.9 Å². The van der Waals surface area contributed by atoms with Crippen LogP contribution in [0.2, 0.25) is 0 Å². The zero-order chi connectivity index (χ0) is 22.5. The van der Waals surface area contributed by atoms with Gasteiger partial charge in [-0.2, -0.15) is 13.8 Å². The number of nitrogens with one attached hydrogen (secondary N) is 1. The average molecular weight is 437 g/mol. The van der Waals surface area contributed by atoms with Crippen LogP contribution in [0.3, 0.4) is 0 Å². The summed E-state index contributed by atoms with van der Waals surface area (Å²) in [5.74, 6) is -7.30. The number of halogens is 3. The molecule has 0 bridgehead atoms. The Balaban J connectivity index is 1.74. The highest BCUT2D eigenvalue weighted by Crippen LogP contribution is 2.41. The number of benzene rings is 1. The van der Waals surface area contributed by atoms with Crippen molar-refractivity contribution in [3.05, 3.63) is 29.7 Å². The van der Waals surface area contributed by atoms with Crippen molar-refractivity contribution >= 4 is 35.0 Å². The van der Waals surface area contributed by atoms with Crippen LogP contribution in [-0.2, 0) is 4.79 Å². The number of anilines is 4. The van der Waals surface area contributed by atoms with Crippen molar-refractivity contribution in [2.24, 2.45) is 0 Å². The molecule has 1 aliphatic heterocycles. The second-order valence-corrected chi connectivity index (χ2v) is 7.29. The van der Waals surface area contributed by atoms with E-state index in [-0.39, 0.29) is 34.9 Å². The lowest BCUT2D eigenvalue weighted by atomic mass is 10.1. The maximum absolute atomic E-state index is 14.4. The molecule has 1 amide bonds. The van der Waals surface area contributed by atoms with Crippen LogP contribution in [-0.4, -0.2) is 59.6 Å². The number of amides is 1. The number of carboxylic acids is 1. The van der Waals surface area contributed by atoms with Crippen molar-refractivity contribution in [1.29, 1.82) is 0 Å². The van der Waals surface area contributed by atoms with Crippen molar-refractivity contribution in [3.63, 3.8) is 0 Å². The number of fused-ring (bicyclic) bond motifs is 1. The highest BCUT2D eigenvalue weighted by Gasteiger charge is 2.50. The van der Waals surface area contributed by atoms with Gasteiger partial charge in [0.25, 0.3) is 5.91 Å². The minimum absolute atomic E-state index is 0.0234. The summed E-state index contributed by atoms with van der Waals surface area (Å²) in [5, 5.41) is 11.8. The number of alkyl halides is 2. The number of rotatable bonds is 5. The maximum atomic E-state index is 14.4. The van der Waals surface area contributed by atoms with E-state index >= 15 is 0 Å². The summed E-state index contributed by atoms with van der Waals surface area (Å²) < 4.78 is 48.1. The zero-order valence-corrected chi connectivity index (χ0v) is 16.5. The Morgan fingerprint density at radius 3 is 2.68 bits per heavy atom. The number of hydrogen-bond donors (Lipinski definition) is 2. The number of ether oxygens (including phenoxy) is 1. The normalized spacial score (nSPS) is 17.8. The second kappa shape index (κ2) is 7.29. The van der Waals surface area contributed by atoms with Gasteiger partial charge in [0.15, 0.2) is 5.82 Å². The first-order chi connectivity index (χ1) is 14.6. The number of carboxylic acid groups (broad SMARTS) is 1. The van der Waals surface area contributed by atoms with Gasteiger partial charge in [0.2, 0.25) is 5.95 Å². The molecule has 1 aliphatic carbocycles. The van der Waals surface area contributed by atoms with Gasteiger partial charge in [0.05, 0.1) is 31.1 Å². The van der Waals surface area contributed by atoms with E-state index in [9.17, 15) is 22.8 Å². The zero-order valence-electron chi connectivity index (χ0n) is 16.5. The van der Waals surface area contributed by atoms with Gasteiger partial charge in [-0.15, -0.1) is 0 Å². The second-order valence-electron chi connectivity index (χ2n) is 7.29. The van der Waals surface area contributed by atoms with Gasteiger partial charge in [-0.3, -0.25) is 4.79 Å². The summed E-state index contributed by atoms with van der Waals surface area (Å²) in [4.78, 5) is 33.9. The van der Waals surface area contributed by atoms with Crippen molar-refractivity contribution < 1.29 is 32.6 Å². The van der Waals surface area contributed by atoms with Gasteiger partial charge in [-0.1, -0.05) is 0 Å². The third-order valence-corrected chi connectivity index (χ3v) is 5.12. The number of carbonyl (C=O) groups excluding carboxylic acids is 1. The molecular formula is C19H18F3N5O4. The Morgan fingerprint density at radius 2 is 2.06 bits per heavy atom. The lowest BCUT2D eigenvalue weighted by Crippen LogP contribution is -2.46. The van der Waals surface area contributed by atoms with Crippen LogP contribution in [0.25, 0.3) is 0 Å². The molecule has 4 rings (SSSR count). The van der Waals surface area contributed by atoms with Crippen LogP contribution in [0.1, 0.15) is 23.2 Å².